The maximum atomic E-state index is 12.9. The molecule has 1 aromatic rings. The smallest absolute Gasteiger partial charge is 0.315 e. The summed E-state index contributed by atoms with van der Waals surface area (Å²) in [7, 11) is 0. The molecule has 0 saturated carbocycles. The van der Waals surface area contributed by atoms with Crippen molar-refractivity contribution in [2.24, 2.45) is 0 Å². The second-order valence-corrected chi connectivity index (χ2v) is 6.43. The van der Waals surface area contributed by atoms with Crippen LogP contribution in [0.25, 0.3) is 0 Å². The molecule has 0 aliphatic carbocycles. The molecule has 1 aromatic carbocycles. The number of amides is 3. The van der Waals surface area contributed by atoms with Crippen molar-refractivity contribution in [3.8, 4) is 0 Å². The zero-order valence-corrected chi connectivity index (χ0v) is 16.1. The van der Waals surface area contributed by atoms with E-state index in [9.17, 15) is 14.0 Å². The van der Waals surface area contributed by atoms with E-state index in [1.165, 1.54) is 12.1 Å². The Morgan fingerprint density at radius 3 is 2.65 bits per heavy atom. The molecular weight excluding hydrogens is 359 g/mol. The van der Waals surface area contributed by atoms with Crippen molar-refractivity contribution in [2.45, 2.75) is 45.3 Å². The monoisotopic (exact) mass is 386 g/mol. The van der Waals surface area contributed by atoms with E-state index in [2.05, 4.69) is 16.0 Å². The highest BCUT2D eigenvalue weighted by Gasteiger charge is 2.27. The van der Waals surface area contributed by atoms with Gasteiger partial charge in [-0.3, -0.25) is 4.79 Å². The van der Waals surface area contributed by atoms with Crippen LogP contribution in [0.4, 0.5) is 9.18 Å². The first kappa shape index (κ1) is 22.2. The Kier molecular flexibility index (Phi) is 9.37. The molecule has 6 nitrogen and oxygen atoms in total. The highest BCUT2D eigenvalue weighted by molar-refractivity contribution is 5.87. The molecule has 1 aliphatic heterocycles. The lowest BCUT2D eigenvalue weighted by molar-refractivity contribution is -0.134. The Hall–Kier alpha value is -1.86. The molecule has 2 atom stereocenters. The predicted molar refractivity (Wildman–Crippen MR) is 102 cm³/mol. The normalized spacial score (nSPS) is 17.8. The van der Waals surface area contributed by atoms with Crippen molar-refractivity contribution in [1.82, 2.24) is 20.9 Å². The minimum atomic E-state index is -0.525. The van der Waals surface area contributed by atoms with Gasteiger partial charge in [-0.1, -0.05) is 25.5 Å². The zero-order valence-electron chi connectivity index (χ0n) is 15.3. The number of hydrogen-bond acceptors (Lipinski definition) is 3. The molecule has 1 saturated heterocycles. The van der Waals surface area contributed by atoms with Crippen LogP contribution in [0.5, 0.6) is 0 Å². The fourth-order valence-electron chi connectivity index (χ4n) is 2.89. The van der Waals surface area contributed by atoms with Gasteiger partial charge in [-0.2, -0.15) is 0 Å². The third-order valence-electron chi connectivity index (χ3n) is 4.23. The molecule has 2 rings (SSSR count). The summed E-state index contributed by atoms with van der Waals surface area (Å²) in [6.07, 6.45) is 1.40. The van der Waals surface area contributed by atoms with Gasteiger partial charge in [-0.05, 0) is 31.0 Å². The van der Waals surface area contributed by atoms with Crippen LogP contribution in [-0.4, -0.2) is 48.6 Å². The van der Waals surface area contributed by atoms with Gasteiger partial charge >= 0.3 is 6.03 Å². The number of benzene rings is 1. The molecule has 0 bridgehead atoms. The van der Waals surface area contributed by atoms with Crippen LogP contribution in [0.3, 0.4) is 0 Å². The Morgan fingerprint density at radius 1 is 1.35 bits per heavy atom. The SMILES string of the molecule is CCCC(NC(=O)NCc1ccc(F)cc1)C(=O)N1CCNC(C)C1.Cl. The van der Waals surface area contributed by atoms with Crippen LogP contribution < -0.4 is 16.0 Å². The van der Waals surface area contributed by atoms with Crippen molar-refractivity contribution in [2.75, 3.05) is 19.6 Å². The van der Waals surface area contributed by atoms with Gasteiger partial charge in [0, 0.05) is 32.2 Å². The van der Waals surface area contributed by atoms with Gasteiger partial charge in [0.2, 0.25) is 5.91 Å². The average Bonchev–Trinajstić information content (AvgIpc) is 2.60. The largest absolute Gasteiger partial charge is 0.338 e. The minimum Gasteiger partial charge on any atom is -0.338 e. The molecule has 1 aliphatic rings. The Balaban J connectivity index is 0.00000338. The van der Waals surface area contributed by atoms with Gasteiger partial charge in [0.1, 0.15) is 11.9 Å². The van der Waals surface area contributed by atoms with E-state index in [0.29, 0.717) is 19.5 Å². The van der Waals surface area contributed by atoms with E-state index in [1.54, 1.807) is 12.1 Å². The highest BCUT2D eigenvalue weighted by Crippen LogP contribution is 2.07. The summed E-state index contributed by atoms with van der Waals surface area (Å²) in [5.41, 5.74) is 0.797. The van der Waals surface area contributed by atoms with Crippen molar-refractivity contribution >= 4 is 24.3 Å². The van der Waals surface area contributed by atoms with Gasteiger partial charge < -0.3 is 20.9 Å². The van der Waals surface area contributed by atoms with Crippen LogP contribution >= 0.6 is 12.4 Å². The number of nitrogens with one attached hydrogen (secondary N) is 3. The molecule has 146 valence electrons. The van der Waals surface area contributed by atoms with Crippen LogP contribution in [0, 0.1) is 5.82 Å². The second-order valence-electron chi connectivity index (χ2n) is 6.43. The van der Waals surface area contributed by atoms with Gasteiger partial charge in [-0.15, -0.1) is 12.4 Å². The topological polar surface area (TPSA) is 73.5 Å². The van der Waals surface area contributed by atoms with Gasteiger partial charge in [0.25, 0.3) is 0 Å². The summed E-state index contributed by atoms with van der Waals surface area (Å²) in [4.78, 5) is 26.6. The maximum Gasteiger partial charge on any atom is 0.315 e. The third kappa shape index (κ3) is 6.80. The van der Waals surface area contributed by atoms with E-state index in [0.717, 1.165) is 18.5 Å². The molecule has 0 aromatic heterocycles. The highest BCUT2D eigenvalue weighted by atomic mass is 35.5. The molecular formula is C18H28ClFN4O2. The number of hydrogen-bond donors (Lipinski definition) is 3. The number of nitrogens with zero attached hydrogens (tertiary/aromatic N) is 1. The number of carbonyl (C=O) groups is 2. The number of rotatable bonds is 6. The number of piperazine rings is 1. The molecule has 2 unspecified atom stereocenters. The summed E-state index contributed by atoms with van der Waals surface area (Å²) in [5, 5.41) is 8.79. The van der Waals surface area contributed by atoms with Crippen LogP contribution in [0.1, 0.15) is 32.3 Å². The lowest BCUT2D eigenvalue weighted by atomic mass is 10.1. The number of halogens is 2. The van der Waals surface area contributed by atoms with Gasteiger partial charge in [0.15, 0.2) is 0 Å². The fraction of sp³-hybridized carbons (Fsp3) is 0.556. The summed E-state index contributed by atoms with van der Waals surface area (Å²) in [6, 6.07) is 5.28. The molecule has 0 spiro atoms. The van der Waals surface area contributed by atoms with Crippen LogP contribution in [0.2, 0.25) is 0 Å². The minimum absolute atomic E-state index is 0. The predicted octanol–water partition coefficient (Wildman–Crippen LogP) is 2.04. The quantitative estimate of drug-likeness (QED) is 0.700. The van der Waals surface area contributed by atoms with Crippen LogP contribution in [0.15, 0.2) is 24.3 Å². The maximum absolute atomic E-state index is 12.9. The molecule has 0 radical (unpaired) electrons. The summed E-state index contributed by atoms with van der Waals surface area (Å²) >= 11 is 0. The van der Waals surface area contributed by atoms with Gasteiger partial charge in [0.05, 0.1) is 0 Å². The Morgan fingerprint density at radius 2 is 2.04 bits per heavy atom. The number of carbonyl (C=O) groups excluding carboxylic acids is 2. The molecule has 3 N–H and O–H groups in total. The molecule has 3 amide bonds. The van der Waals surface area contributed by atoms with Gasteiger partial charge in [-0.25, -0.2) is 9.18 Å². The van der Waals surface area contributed by atoms with Crippen molar-refractivity contribution in [1.29, 1.82) is 0 Å². The standard InChI is InChI=1S/C18H27FN4O2.ClH/c1-3-4-16(17(24)23-10-9-20-13(2)12-23)22-18(25)21-11-14-5-7-15(19)8-6-14;/h5-8,13,16,20H,3-4,9-12H2,1-2H3,(H2,21,22,25);1H. The summed E-state index contributed by atoms with van der Waals surface area (Å²) < 4.78 is 12.9. The van der Waals surface area contributed by atoms with Crippen molar-refractivity contribution in [3.05, 3.63) is 35.6 Å². The van der Waals surface area contributed by atoms with Crippen LogP contribution in [-0.2, 0) is 11.3 Å². The Labute approximate surface area is 160 Å². The molecule has 1 fully saturated rings. The Bertz CT molecular complexity index is 585. The zero-order chi connectivity index (χ0) is 18.2. The number of urea groups is 1. The van der Waals surface area contributed by atoms with Crippen molar-refractivity contribution in [3.63, 3.8) is 0 Å². The first-order valence-corrected chi connectivity index (χ1v) is 8.80. The average molecular weight is 387 g/mol. The van der Waals surface area contributed by atoms with E-state index in [1.807, 2.05) is 18.7 Å². The van der Waals surface area contributed by atoms with E-state index in [4.69, 9.17) is 0 Å². The summed E-state index contributed by atoms with van der Waals surface area (Å²) in [5.74, 6) is -0.348. The van der Waals surface area contributed by atoms with E-state index >= 15 is 0 Å². The molecule has 8 heteroatoms. The first-order valence-electron chi connectivity index (χ1n) is 8.80. The summed E-state index contributed by atoms with van der Waals surface area (Å²) in [6.45, 7) is 6.38. The fourth-order valence-corrected chi connectivity index (χ4v) is 2.89. The lowest BCUT2D eigenvalue weighted by Crippen LogP contribution is -2.57. The van der Waals surface area contributed by atoms with E-state index < -0.39 is 6.04 Å². The first-order chi connectivity index (χ1) is 12.0. The van der Waals surface area contributed by atoms with E-state index in [-0.39, 0.29) is 42.7 Å². The molecule has 1 heterocycles. The molecule has 26 heavy (non-hydrogen) atoms. The van der Waals surface area contributed by atoms with Crippen molar-refractivity contribution < 1.29 is 14.0 Å². The third-order valence-corrected chi connectivity index (χ3v) is 4.23. The second kappa shape index (κ2) is 11.0. The lowest BCUT2D eigenvalue weighted by Gasteiger charge is -2.34.